The second-order valence-corrected chi connectivity index (χ2v) is 2.70. The zero-order valence-electron chi connectivity index (χ0n) is 7.15. The fourth-order valence-electron chi connectivity index (χ4n) is 1.03. The Kier molecular flexibility index (Phi) is 3.66. The van der Waals surface area contributed by atoms with Gasteiger partial charge < -0.3 is 9.84 Å². The minimum absolute atomic E-state index is 0.489. The van der Waals surface area contributed by atoms with Crippen LogP contribution in [0.25, 0.3) is 0 Å². The van der Waals surface area contributed by atoms with E-state index in [4.69, 9.17) is 9.84 Å². The molecule has 0 aliphatic carbocycles. The van der Waals surface area contributed by atoms with Crippen LogP contribution in [-0.2, 0) is 14.3 Å². The Morgan fingerprint density at radius 2 is 2.00 bits per heavy atom. The summed E-state index contributed by atoms with van der Waals surface area (Å²) in [5.41, 5.74) is 2.48. The van der Waals surface area contributed by atoms with E-state index < -0.39 is 18.3 Å². The predicted octanol–water partition coefficient (Wildman–Crippen LogP) is -1.18. The summed E-state index contributed by atoms with van der Waals surface area (Å²) in [5.74, 6) is -1.61. The molecule has 1 aliphatic rings. The molecule has 1 rings (SSSR count). The van der Waals surface area contributed by atoms with Crippen molar-refractivity contribution >= 4 is 11.9 Å². The van der Waals surface area contributed by atoms with E-state index in [1.54, 1.807) is 5.01 Å². The number of carbonyl (C=O) groups is 2. The number of aliphatic carboxylic acids is 1. The maximum Gasteiger partial charge on any atom is 0.312 e. The summed E-state index contributed by atoms with van der Waals surface area (Å²) in [6.07, 6.45) is -0.489. The van der Waals surface area contributed by atoms with Crippen LogP contribution in [0.15, 0.2) is 0 Å². The van der Waals surface area contributed by atoms with Crippen LogP contribution in [0.5, 0.6) is 0 Å². The number of carboxylic acids is 1. The van der Waals surface area contributed by atoms with Crippen LogP contribution in [0.3, 0.4) is 0 Å². The van der Waals surface area contributed by atoms with Gasteiger partial charge in [-0.1, -0.05) is 0 Å². The molecule has 0 atom stereocenters. The molecule has 0 aromatic heterocycles. The first-order chi connectivity index (χ1) is 6.18. The average molecular weight is 188 g/mol. The van der Waals surface area contributed by atoms with Crippen LogP contribution in [0, 0.1) is 0 Å². The number of carbonyl (C=O) groups excluding carboxylic acids is 1. The zero-order chi connectivity index (χ0) is 9.68. The molecule has 0 spiro atoms. The molecule has 1 aliphatic heterocycles. The summed E-state index contributed by atoms with van der Waals surface area (Å²) >= 11 is 0. The molecule has 1 heterocycles. The summed E-state index contributed by atoms with van der Waals surface area (Å²) in [4.78, 5) is 21.1. The number of rotatable bonds is 3. The van der Waals surface area contributed by atoms with E-state index in [2.05, 4.69) is 5.43 Å². The zero-order valence-corrected chi connectivity index (χ0v) is 7.15. The van der Waals surface area contributed by atoms with E-state index in [1.807, 2.05) is 0 Å². The van der Waals surface area contributed by atoms with Gasteiger partial charge in [-0.2, -0.15) is 0 Å². The van der Waals surface area contributed by atoms with Gasteiger partial charge in [-0.3, -0.25) is 15.0 Å². The van der Waals surface area contributed by atoms with Gasteiger partial charge >= 0.3 is 5.97 Å². The highest BCUT2D eigenvalue weighted by Crippen LogP contribution is 1.92. The third-order valence-corrected chi connectivity index (χ3v) is 1.61. The average Bonchev–Trinajstić information content (AvgIpc) is 2.04. The molecule has 0 saturated carbocycles. The molecule has 6 heteroatoms. The van der Waals surface area contributed by atoms with Crippen molar-refractivity contribution in [3.8, 4) is 0 Å². The normalized spacial score (nSPS) is 18.2. The molecule has 6 nitrogen and oxygen atoms in total. The van der Waals surface area contributed by atoms with Crippen LogP contribution in [0.1, 0.15) is 6.42 Å². The Bertz CT molecular complexity index is 201. The highest BCUT2D eigenvalue weighted by atomic mass is 16.5. The molecule has 2 N–H and O–H groups in total. The smallest absolute Gasteiger partial charge is 0.312 e. The summed E-state index contributed by atoms with van der Waals surface area (Å²) < 4.78 is 5.05. The molecule has 0 aromatic carbocycles. The number of ether oxygens (including phenoxy) is 1. The van der Waals surface area contributed by atoms with Gasteiger partial charge in [-0.05, 0) is 0 Å². The van der Waals surface area contributed by atoms with Gasteiger partial charge in [-0.25, -0.2) is 5.01 Å². The van der Waals surface area contributed by atoms with Gasteiger partial charge in [0.05, 0.1) is 13.2 Å². The molecule has 1 fully saturated rings. The Hall–Kier alpha value is -1.14. The fraction of sp³-hybridized carbons (Fsp3) is 0.714. The van der Waals surface area contributed by atoms with Crippen LogP contribution in [0.2, 0.25) is 0 Å². The van der Waals surface area contributed by atoms with Crippen LogP contribution in [-0.4, -0.2) is 48.3 Å². The summed E-state index contributed by atoms with van der Waals surface area (Å²) in [6, 6.07) is 0. The number of nitrogens with zero attached hydrogens (tertiary/aromatic N) is 1. The van der Waals surface area contributed by atoms with E-state index >= 15 is 0 Å². The van der Waals surface area contributed by atoms with E-state index in [1.165, 1.54) is 0 Å². The van der Waals surface area contributed by atoms with Crippen LogP contribution >= 0.6 is 0 Å². The van der Waals surface area contributed by atoms with Crippen LogP contribution in [0.4, 0.5) is 0 Å². The molecule has 13 heavy (non-hydrogen) atoms. The van der Waals surface area contributed by atoms with Crippen molar-refractivity contribution in [1.82, 2.24) is 10.4 Å². The Morgan fingerprint density at radius 3 is 2.54 bits per heavy atom. The summed E-state index contributed by atoms with van der Waals surface area (Å²) in [5, 5.41) is 9.97. The van der Waals surface area contributed by atoms with Gasteiger partial charge in [0.2, 0.25) is 5.91 Å². The Labute approximate surface area is 75.4 Å². The number of carboxylic acid groups (broad SMARTS) is 1. The van der Waals surface area contributed by atoms with Gasteiger partial charge in [0, 0.05) is 13.1 Å². The van der Waals surface area contributed by atoms with Crippen molar-refractivity contribution in [3.63, 3.8) is 0 Å². The first kappa shape index (κ1) is 9.94. The Morgan fingerprint density at radius 1 is 1.38 bits per heavy atom. The minimum atomic E-state index is -1.12. The van der Waals surface area contributed by atoms with E-state index in [9.17, 15) is 9.59 Å². The van der Waals surface area contributed by atoms with E-state index in [-0.39, 0.29) is 0 Å². The standard InChI is InChI=1S/C7H12N2O4/c10-6(5-7(11)12)8-9-1-3-13-4-2-9/h1-5H2,(H,8,10)(H,11,12). The monoisotopic (exact) mass is 188 g/mol. The SMILES string of the molecule is O=C(O)CC(=O)NN1CCOCC1. The molecule has 0 bridgehead atoms. The lowest BCUT2D eigenvalue weighted by atomic mass is 10.4. The van der Waals surface area contributed by atoms with Crippen molar-refractivity contribution in [2.45, 2.75) is 6.42 Å². The van der Waals surface area contributed by atoms with E-state index in [0.717, 1.165) is 0 Å². The molecular formula is C7H12N2O4. The van der Waals surface area contributed by atoms with Crippen molar-refractivity contribution in [2.75, 3.05) is 26.3 Å². The first-order valence-electron chi connectivity index (χ1n) is 4.02. The van der Waals surface area contributed by atoms with Crippen molar-refractivity contribution in [3.05, 3.63) is 0 Å². The number of hydrogen-bond donors (Lipinski definition) is 2. The van der Waals surface area contributed by atoms with Gasteiger partial charge in [-0.15, -0.1) is 0 Å². The lowest BCUT2D eigenvalue weighted by molar-refractivity contribution is -0.142. The topological polar surface area (TPSA) is 78.9 Å². The van der Waals surface area contributed by atoms with Crippen LogP contribution < -0.4 is 5.43 Å². The number of nitrogens with one attached hydrogen (secondary N) is 1. The fourth-order valence-corrected chi connectivity index (χ4v) is 1.03. The molecule has 0 radical (unpaired) electrons. The third kappa shape index (κ3) is 3.86. The predicted molar refractivity (Wildman–Crippen MR) is 42.8 cm³/mol. The second-order valence-electron chi connectivity index (χ2n) is 2.70. The number of hydrogen-bond acceptors (Lipinski definition) is 4. The van der Waals surface area contributed by atoms with Gasteiger partial charge in [0.1, 0.15) is 6.42 Å². The quantitative estimate of drug-likeness (QED) is 0.545. The third-order valence-electron chi connectivity index (χ3n) is 1.61. The number of amides is 1. The summed E-state index contributed by atoms with van der Waals surface area (Å²) in [6.45, 7) is 2.33. The maximum absolute atomic E-state index is 10.9. The molecule has 0 aromatic rings. The molecule has 74 valence electrons. The maximum atomic E-state index is 10.9. The molecular weight excluding hydrogens is 176 g/mol. The summed E-state index contributed by atoms with van der Waals surface area (Å²) in [7, 11) is 0. The molecule has 1 saturated heterocycles. The van der Waals surface area contributed by atoms with Crippen molar-refractivity contribution in [1.29, 1.82) is 0 Å². The minimum Gasteiger partial charge on any atom is -0.481 e. The molecule has 1 amide bonds. The highest BCUT2D eigenvalue weighted by molar-refractivity contribution is 5.93. The molecule has 0 unspecified atom stereocenters. The van der Waals surface area contributed by atoms with Gasteiger partial charge in [0.25, 0.3) is 0 Å². The van der Waals surface area contributed by atoms with Crippen molar-refractivity contribution in [2.24, 2.45) is 0 Å². The lowest BCUT2D eigenvalue weighted by Crippen LogP contribution is -2.48. The van der Waals surface area contributed by atoms with Crippen molar-refractivity contribution < 1.29 is 19.4 Å². The van der Waals surface area contributed by atoms with E-state index in [0.29, 0.717) is 26.3 Å². The van der Waals surface area contributed by atoms with Gasteiger partial charge in [0.15, 0.2) is 0 Å². The first-order valence-corrected chi connectivity index (χ1v) is 4.02. The number of morpholine rings is 1. The highest BCUT2D eigenvalue weighted by Gasteiger charge is 2.14. The lowest BCUT2D eigenvalue weighted by Gasteiger charge is -2.26. The Balaban J connectivity index is 2.22. The number of hydrazine groups is 1. The largest absolute Gasteiger partial charge is 0.481 e. The second kappa shape index (κ2) is 4.78.